The van der Waals surface area contributed by atoms with Gasteiger partial charge < -0.3 is 10.5 Å². The minimum absolute atomic E-state index is 0.121. The van der Waals surface area contributed by atoms with Gasteiger partial charge >= 0.3 is 0 Å². The lowest BCUT2D eigenvalue weighted by Gasteiger charge is -2.24. The molecule has 3 heteroatoms. The molecule has 2 nitrogen and oxygen atoms in total. The molecular weight excluding hydrogens is 230 g/mol. The fourth-order valence-corrected chi connectivity index (χ4v) is 3.88. The first-order chi connectivity index (χ1) is 8.04. The van der Waals surface area contributed by atoms with Gasteiger partial charge in [-0.2, -0.15) is 0 Å². The third kappa shape index (κ3) is 2.42. The Kier molecular flexibility index (Phi) is 3.91. The van der Waals surface area contributed by atoms with Crippen LogP contribution < -0.4 is 5.73 Å². The van der Waals surface area contributed by atoms with E-state index in [9.17, 15) is 0 Å². The highest BCUT2D eigenvalue weighted by atomic mass is 32.1. The average Bonchev–Trinajstić information content (AvgIpc) is 2.85. The number of aryl methyl sites for hydroxylation is 1. The van der Waals surface area contributed by atoms with Crippen molar-refractivity contribution >= 4 is 11.3 Å². The Balaban J connectivity index is 2.16. The minimum Gasteiger partial charge on any atom is -0.375 e. The normalized spacial score (nSPS) is 35.1. The Morgan fingerprint density at radius 3 is 2.47 bits per heavy atom. The van der Waals surface area contributed by atoms with Crippen molar-refractivity contribution < 1.29 is 4.74 Å². The summed E-state index contributed by atoms with van der Waals surface area (Å²) in [6.45, 7) is 8.75. The van der Waals surface area contributed by atoms with Crippen molar-refractivity contribution in [2.45, 2.75) is 52.4 Å². The van der Waals surface area contributed by atoms with Crippen LogP contribution in [0.3, 0.4) is 0 Å². The summed E-state index contributed by atoms with van der Waals surface area (Å²) in [6, 6.07) is 4.51. The summed E-state index contributed by atoms with van der Waals surface area (Å²) < 4.78 is 5.89. The molecule has 1 aromatic heterocycles. The number of nitrogens with two attached hydrogens (primary N) is 1. The van der Waals surface area contributed by atoms with E-state index in [1.807, 2.05) is 11.3 Å². The van der Waals surface area contributed by atoms with Crippen LogP contribution in [0.15, 0.2) is 12.1 Å². The maximum atomic E-state index is 6.44. The first-order valence-electron chi connectivity index (χ1n) is 6.54. The molecular formula is C14H23NOS. The molecule has 0 amide bonds. The van der Waals surface area contributed by atoms with Gasteiger partial charge in [0.2, 0.25) is 0 Å². The monoisotopic (exact) mass is 253 g/mol. The number of rotatable bonds is 3. The quantitative estimate of drug-likeness (QED) is 0.896. The van der Waals surface area contributed by atoms with E-state index in [0.717, 1.165) is 6.42 Å². The summed E-state index contributed by atoms with van der Waals surface area (Å²) in [6.07, 6.45) is 1.69. The van der Waals surface area contributed by atoms with Crippen molar-refractivity contribution in [1.82, 2.24) is 0 Å². The van der Waals surface area contributed by atoms with Crippen molar-refractivity contribution in [2.24, 2.45) is 17.6 Å². The molecule has 5 atom stereocenters. The highest BCUT2D eigenvalue weighted by molar-refractivity contribution is 7.12. The molecule has 0 bridgehead atoms. The number of hydrogen-bond acceptors (Lipinski definition) is 3. The fraction of sp³-hybridized carbons (Fsp3) is 0.714. The molecule has 0 aromatic carbocycles. The van der Waals surface area contributed by atoms with E-state index in [0.29, 0.717) is 17.9 Å². The van der Waals surface area contributed by atoms with Crippen LogP contribution in [0.1, 0.15) is 43.5 Å². The predicted molar refractivity (Wildman–Crippen MR) is 73.3 cm³/mol. The third-order valence-electron chi connectivity index (χ3n) is 4.09. The molecule has 0 radical (unpaired) electrons. The number of ether oxygens (including phenoxy) is 1. The molecule has 1 saturated heterocycles. The van der Waals surface area contributed by atoms with Gasteiger partial charge in [0, 0.05) is 21.7 Å². The Labute approximate surface area is 108 Å². The number of thiophene rings is 1. The first-order valence-corrected chi connectivity index (χ1v) is 7.35. The van der Waals surface area contributed by atoms with Gasteiger partial charge in [-0.25, -0.2) is 0 Å². The smallest absolute Gasteiger partial charge is 0.0600 e. The second kappa shape index (κ2) is 5.09. The van der Waals surface area contributed by atoms with Crippen LogP contribution in [-0.2, 0) is 11.2 Å². The van der Waals surface area contributed by atoms with E-state index in [4.69, 9.17) is 10.5 Å². The zero-order valence-corrected chi connectivity index (χ0v) is 12.0. The van der Waals surface area contributed by atoms with Crippen molar-refractivity contribution in [3.63, 3.8) is 0 Å². The second-order valence-corrected chi connectivity index (χ2v) is 6.37. The van der Waals surface area contributed by atoms with Crippen molar-refractivity contribution in [2.75, 3.05) is 0 Å². The zero-order valence-electron chi connectivity index (χ0n) is 11.1. The summed E-state index contributed by atoms with van der Waals surface area (Å²) in [5.74, 6) is 0.973. The summed E-state index contributed by atoms with van der Waals surface area (Å²) >= 11 is 1.85. The minimum atomic E-state index is 0.121. The van der Waals surface area contributed by atoms with Crippen LogP contribution in [-0.4, -0.2) is 12.2 Å². The van der Waals surface area contributed by atoms with Gasteiger partial charge in [0.1, 0.15) is 0 Å². The average molecular weight is 253 g/mol. The second-order valence-electron chi connectivity index (χ2n) is 5.17. The molecule has 1 fully saturated rings. The SMILES string of the molecule is CCc1ccc(C(N)C2C(C)OC(C)C2C)s1. The maximum Gasteiger partial charge on any atom is 0.0600 e. The Bertz CT molecular complexity index is 376. The Morgan fingerprint density at radius 2 is 2.00 bits per heavy atom. The topological polar surface area (TPSA) is 35.2 Å². The summed E-state index contributed by atoms with van der Waals surface area (Å²) in [7, 11) is 0. The summed E-state index contributed by atoms with van der Waals surface area (Å²) in [5.41, 5.74) is 6.44. The van der Waals surface area contributed by atoms with Crippen LogP contribution in [0.4, 0.5) is 0 Å². The van der Waals surface area contributed by atoms with Crippen LogP contribution in [0, 0.1) is 11.8 Å². The fourth-order valence-electron chi connectivity index (χ4n) is 2.87. The van der Waals surface area contributed by atoms with Gasteiger partial charge in [-0.15, -0.1) is 11.3 Å². The van der Waals surface area contributed by atoms with Crippen LogP contribution in [0.5, 0.6) is 0 Å². The third-order valence-corrected chi connectivity index (χ3v) is 5.42. The van der Waals surface area contributed by atoms with Crippen LogP contribution in [0.25, 0.3) is 0 Å². The van der Waals surface area contributed by atoms with Gasteiger partial charge in [-0.1, -0.05) is 13.8 Å². The molecule has 2 heterocycles. The van der Waals surface area contributed by atoms with E-state index < -0.39 is 0 Å². The van der Waals surface area contributed by atoms with E-state index >= 15 is 0 Å². The molecule has 0 aliphatic carbocycles. The van der Waals surface area contributed by atoms with Gasteiger partial charge in [-0.3, -0.25) is 0 Å². The highest BCUT2D eigenvalue weighted by Crippen LogP contribution is 2.40. The van der Waals surface area contributed by atoms with Gasteiger partial charge in [0.15, 0.2) is 0 Å². The lowest BCUT2D eigenvalue weighted by atomic mass is 9.83. The van der Waals surface area contributed by atoms with Crippen LogP contribution in [0.2, 0.25) is 0 Å². The standard InChI is InChI=1S/C14H23NOS/c1-5-11-6-7-12(17-11)14(15)13-8(2)9(3)16-10(13)4/h6-10,13-14H,5,15H2,1-4H3. The lowest BCUT2D eigenvalue weighted by molar-refractivity contribution is 0.0490. The predicted octanol–water partition coefficient (Wildman–Crippen LogP) is 3.37. The van der Waals surface area contributed by atoms with E-state index in [2.05, 4.69) is 39.8 Å². The molecule has 1 aliphatic heterocycles. The molecule has 96 valence electrons. The summed E-state index contributed by atoms with van der Waals surface area (Å²) in [5, 5.41) is 0. The first kappa shape index (κ1) is 13.1. The molecule has 0 saturated carbocycles. The van der Waals surface area contributed by atoms with Gasteiger partial charge in [-0.05, 0) is 38.3 Å². The molecule has 2 rings (SSSR count). The van der Waals surface area contributed by atoms with Crippen molar-refractivity contribution in [3.8, 4) is 0 Å². The van der Waals surface area contributed by atoms with E-state index in [1.165, 1.54) is 9.75 Å². The maximum absolute atomic E-state index is 6.44. The molecule has 2 N–H and O–H groups in total. The van der Waals surface area contributed by atoms with Crippen molar-refractivity contribution in [3.05, 3.63) is 21.9 Å². The molecule has 1 aromatic rings. The molecule has 17 heavy (non-hydrogen) atoms. The number of hydrogen-bond donors (Lipinski definition) is 1. The van der Waals surface area contributed by atoms with Gasteiger partial charge in [0.05, 0.1) is 12.2 Å². The lowest BCUT2D eigenvalue weighted by Crippen LogP contribution is -2.30. The molecule has 0 spiro atoms. The largest absolute Gasteiger partial charge is 0.375 e. The Hall–Kier alpha value is -0.380. The zero-order chi connectivity index (χ0) is 12.6. The molecule has 5 unspecified atom stereocenters. The van der Waals surface area contributed by atoms with E-state index in [-0.39, 0.29) is 12.1 Å². The van der Waals surface area contributed by atoms with Gasteiger partial charge in [0.25, 0.3) is 0 Å². The Morgan fingerprint density at radius 1 is 1.29 bits per heavy atom. The summed E-state index contributed by atoms with van der Waals surface area (Å²) in [4.78, 5) is 2.73. The van der Waals surface area contributed by atoms with Crippen molar-refractivity contribution in [1.29, 1.82) is 0 Å². The van der Waals surface area contributed by atoms with Crippen LogP contribution >= 0.6 is 11.3 Å². The molecule has 1 aliphatic rings. The van der Waals surface area contributed by atoms with E-state index in [1.54, 1.807) is 0 Å². The highest BCUT2D eigenvalue weighted by Gasteiger charge is 2.41.